The standard InChI is InChI=1S/C23H26N2O2/c1-2-3-16-4-6-17(7-5-16)18-8-10-19(11-9-18)22-24-23(27-25-22)20-12-14-21(26)15-13-20/h8-17,26H,2-7H2,1H3. The second-order valence-corrected chi connectivity index (χ2v) is 7.60. The number of nitrogens with zero attached hydrogens (tertiary/aromatic N) is 2. The largest absolute Gasteiger partial charge is 0.508 e. The fraction of sp³-hybridized carbons (Fsp3) is 0.391. The minimum atomic E-state index is 0.220. The van der Waals surface area contributed by atoms with Crippen molar-refractivity contribution >= 4 is 0 Å². The maximum atomic E-state index is 9.39. The summed E-state index contributed by atoms with van der Waals surface area (Å²) in [6.45, 7) is 2.29. The van der Waals surface area contributed by atoms with E-state index in [4.69, 9.17) is 4.52 Å². The van der Waals surface area contributed by atoms with Crippen LogP contribution in [0.4, 0.5) is 0 Å². The molecule has 0 amide bonds. The Bertz CT molecular complexity index is 860. The minimum absolute atomic E-state index is 0.220. The molecule has 0 atom stereocenters. The van der Waals surface area contributed by atoms with Crippen molar-refractivity contribution < 1.29 is 9.63 Å². The highest BCUT2D eigenvalue weighted by Crippen LogP contribution is 2.38. The van der Waals surface area contributed by atoms with Crippen LogP contribution in [0.1, 0.15) is 56.9 Å². The molecule has 1 fully saturated rings. The molecule has 1 aliphatic rings. The van der Waals surface area contributed by atoms with Crippen LogP contribution in [-0.4, -0.2) is 15.2 Å². The smallest absolute Gasteiger partial charge is 0.258 e. The predicted molar refractivity (Wildman–Crippen MR) is 106 cm³/mol. The fourth-order valence-electron chi connectivity index (χ4n) is 4.16. The number of hydrogen-bond acceptors (Lipinski definition) is 4. The van der Waals surface area contributed by atoms with Crippen LogP contribution in [0.3, 0.4) is 0 Å². The van der Waals surface area contributed by atoms with Crippen molar-refractivity contribution in [2.24, 2.45) is 5.92 Å². The topological polar surface area (TPSA) is 59.2 Å². The van der Waals surface area contributed by atoms with E-state index >= 15 is 0 Å². The molecule has 0 unspecified atom stereocenters. The van der Waals surface area contributed by atoms with E-state index in [1.807, 2.05) is 0 Å². The summed E-state index contributed by atoms with van der Waals surface area (Å²) < 4.78 is 5.38. The van der Waals surface area contributed by atoms with Gasteiger partial charge in [0.2, 0.25) is 5.82 Å². The maximum Gasteiger partial charge on any atom is 0.258 e. The van der Waals surface area contributed by atoms with Crippen LogP contribution in [-0.2, 0) is 0 Å². The summed E-state index contributed by atoms with van der Waals surface area (Å²) in [5, 5.41) is 13.5. The molecule has 27 heavy (non-hydrogen) atoms. The highest BCUT2D eigenvalue weighted by Gasteiger charge is 2.22. The molecule has 1 heterocycles. The Balaban J connectivity index is 1.44. The zero-order valence-corrected chi connectivity index (χ0v) is 15.8. The van der Waals surface area contributed by atoms with E-state index in [0.29, 0.717) is 17.6 Å². The molecule has 0 aliphatic heterocycles. The number of aromatic nitrogens is 2. The van der Waals surface area contributed by atoms with Gasteiger partial charge >= 0.3 is 0 Å². The third-order valence-electron chi connectivity index (χ3n) is 5.72. The highest BCUT2D eigenvalue weighted by atomic mass is 16.5. The number of aromatic hydroxyl groups is 1. The average molecular weight is 362 g/mol. The summed E-state index contributed by atoms with van der Waals surface area (Å²) in [4.78, 5) is 4.49. The van der Waals surface area contributed by atoms with Crippen LogP contribution >= 0.6 is 0 Å². The van der Waals surface area contributed by atoms with Gasteiger partial charge in [0.25, 0.3) is 5.89 Å². The van der Waals surface area contributed by atoms with Crippen molar-refractivity contribution in [1.29, 1.82) is 0 Å². The molecule has 1 aromatic heterocycles. The molecule has 2 aromatic carbocycles. The third kappa shape index (κ3) is 4.05. The van der Waals surface area contributed by atoms with E-state index in [9.17, 15) is 5.11 Å². The Labute approximate surface area is 160 Å². The lowest BCUT2D eigenvalue weighted by Crippen LogP contribution is -2.13. The number of benzene rings is 2. The molecule has 140 valence electrons. The van der Waals surface area contributed by atoms with Crippen molar-refractivity contribution in [3.05, 3.63) is 54.1 Å². The van der Waals surface area contributed by atoms with E-state index in [1.165, 1.54) is 44.1 Å². The van der Waals surface area contributed by atoms with Gasteiger partial charge in [0.1, 0.15) is 5.75 Å². The van der Waals surface area contributed by atoms with E-state index in [0.717, 1.165) is 17.0 Å². The van der Waals surface area contributed by atoms with Gasteiger partial charge < -0.3 is 9.63 Å². The number of hydrogen-bond donors (Lipinski definition) is 1. The van der Waals surface area contributed by atoms with Crippen molar-refractivity contribution in [2.75, 3.05) is 0 Å². The van der Waals surface area contributed by atoms with Crippen molar-refractivity contribution in [2.45, 2.75) is 51.4 Å². The van der Waals surface area contributed by atoms with Gasteiger partial charge in [0.15, 0.2) is 0 Å². The SMILES string of the molecule is CCCC1CCC(c2ccc(-c3noc(-c4ccc(O)cc4)n3)cc2)CC1. The molecule has 0 saturated heterocycles. The van der Waals surface area contributed by atoms with Crippen LogP contribution < -0.4 is 0 Å². The first-order valence-corrected chi connectivity index (χ1v) is 9.96. The highest BCUT2D eigenvalue weighted by molar-refractivity contribution is 5.60. The molecule has 3 aromatic rings. The summed E-state index contributed by atoms with van der Waals surface area (Å²) in [5.41, 5.74) is 3.19. The van der Waals surface area contributed by atoms with Crippen LogP contribution in [0.25, 0.3) is 22.8 Å². The maximum absolute atomic E-state index is 9.39. The predicted octanol–water partition coefficient (Wildman–Crippen LogP) is 6.18. The second kappa shape index (κ2) is 7.95. The molecule has 4 heteroatoms. The summed E-state index contributed by atoms with van der Waals surface area (Å²) in [7, 11) is 0. The Hall–Kier alpha value is -2.62. The van der Waals surface area contributed by atoms with Gasteiger partial charge in [-0.2, -0.15) is 4.98 Å². The van der Waals surface area contributed by atoms with Gasteiger partial charge in [0.05, 0.1) is 0 Å². The quantitative estimate of drug-likeness (QED) is 0.588. The van der Waals surface area contributed by atoms with E-state index < -0.39 is 0 Å². The molecule has 1 saturated carbocycles. The minimum Gasteiger partial charge on any atom is -0.508 e. The molecular weight excluding hydrogens is 336 g/mol. The van der Waals surface area contributed by atoms with Crippen LogP contribution in [0.15, 0.2) is 53.1 Å². The van der Waals surface area contributed by atoms with Crippen molar-refractivity contribution in [1.82, 2.24) is 10.1 Å². The van der Waals surface area contributed by atoms with E-state index in [2.05, 4.69) is 41.3 Å². The van der Waals surface area contributed by atoms with Gasteiger partial charge in [0, 0.05) is 11.1 Å². The monoisotopic (exact) mass is 362 g/mol. The normalized spacial score (nSPS) is 19.9. The summed E-state index contributed by atoms with van der Waals surface area (Å²) in [5.74, 6) is 2.89. The number of rotatable bonds is 5. The van der Waals surface area contributed by atoms with Gasteiger partial charge in [-0.15, -0.1) is 0 Å². The van der Waals surface area contributed by atoms with Crippen LogP contribution in [0.5, 0.6) is 5.75 Å². The van der Waals surface area contributed by atoms with Crippen molar-refractivity contribution in [3.63, 3.8) is 0 Å². The summed E-state index contributed by atoms with van der Waals surface area (Å²) in [6, 6.07) is 15.4. The van der Waals surface area contributed by atoms with Crippen LogP contribution in [0.2, 0.25) is 0 Å². The van der Waals surface area contributed by atoms with E-state index in [1.54, 1.807) is 24.3 Å². The molecule has 1 aliphatic carbocycles. The first kappa shape index (κ1) is 17.8. The Morgan fingerprint density at radius 3 is 2.26 bits per heavy atom. The fourth-order valence-corrected chi connectivity index (χ4v) is 4.16. The first-order chi connectivity index (χ1) is 13.2. The molecule has 0 bridgehead atoms. The number of phenols is 1. The van der Waals surface area contributed by atoms with Gasteiger partial charge in [-0.3, -0.25) is 0 Å². The molecule has 0 radical (unpaired) electrons. The van der Waals surface area contributed by atoms with E-state index in [-0.39, 0.29) is 5.75 Å². The second-order valence-electron chi connectivity index (χ2n) is 7.60. The summed E-state index contributed by atoms with van der Waals surface area (Å²) in [6.07, 6.45) is 8.02. The Morgan fingerprint density at radius 2 is 1.59 bits per heavy atom. The zero-order valence-electron chi connectivity index (χ0n) is 15.8. The Kier molecular flexibility index (Phi) is 5.23. The van der Waals surface area contributed by atoms with Gasteiger partial charge in [-0.05, 0) is 67.3 Å². The molecule has 4 nitrogen and oxygen atoms in total. The summed E-state index contributed by atoms with van der Waals surface area (Å²) >= 11 is 0. The third-order valence-corrected chi connectivity index (χ3v) is 5.72. The average Bonchev–Trinajstić information content (AvgIpc) is 3.20. The molecule has 4 rings (SSSR count). The first-order valence-electron chi connectivity index (χ1n) is 9.96. The molecular formula is C23H26N2O2. The zero-order chi connectivity index (χ0) is 18.6. The molecule has 0 spiro atoms. The molecule has 1 N–H and O–H groups in total. The number of phenolic OH excluding ortho intramolecular Hbond substituents is 1. The van der Waals surface area contributed by atoms with Crippen molar-refractivity contribution in [3.8, 4) is 28.6 Å². The van der Waals surface area contributed by atoms with Gasteiger partial charge in [-0.25, -0.2) is 0 Å². The van der Waals surface area contributed by atoms with Crippen LogP contribution in [0, 0.1) is 5.92 Å². The lowest BCUT2D eigenvalue weighted by molar-refractivity contribution is 0.308. The van der Waals surface area contributed by atoms with Gasteiger partial charge in [-0.1, -0.05) is 49.2 Å². The Morgan fingerprint density at radius 1 is 0.926 bits per heavy atom. The lowest BCUT2D eigenvalue weighted by atomic mass is 9.77. The lowest BCUT2D eigenvalue weighted by Gasteiger charge is -2.28.